The highest BCUT2D eigenvalue weighted by Gasteiger charge is 2.09. The molecular formula is C10H15BrN4O2. The molecule has 1 heterocycles. The fraction of sp³-hybridized carbons (Fsp3) is 0.500. The van der Waals surface area contributed by atoms with Gasteiger partial charge in [-0.1, -0.05) is 0 Å². The van der Waals surface area contributed by atoms with Crippen LogP contribution in [0.1, 0.15) is 24.2 Å². The third kappa shape index (κ3) is 3.37. The Morgan fingerprint density at radius 1 is 1.53 bits per heavy atom. The molecular weight excluding hydrogens is 288 g/mol. The lowest BCUT2D eigenvalue weighted by atomic mass is 10.3. The molecule has 17 heavy (non-hydrogen) atoms. The first-order valence-electron chi connectivity index (χ1n) is 5.20. The van der Waals surface area contributed by atoms with Gasteiger partial charge in [-0.3, -0.25) is 14.8 Å². The predicted molar refractivity (Wildman–Crippen MR) is 67.2 cm³/mol. The molecule has 1 aromatic rings. The zero-order valence-corrected chi connectivity index (χ0v) is 11.4. The fourth-order valence-electron chi connectivity index (χ4n) is 1.51. The lowest BCUT2D eigenvalue weighted by molar-refractivity contribution is -0.121. The summed E-state index contributed by atoms with van der Waals surface area (Å²) in [5, 5.41) is 0. The molecule has 6 nitrogen and oxygen atoms in total. The summed E-state index contributed by atoms with van der Waals surface area (Å²) >= 11 is 3.38. The highest BCUT2D eigenvalue weighted by molar-refractivity contribution is 9.10. The number of halogens is 1. The molecule has 0 aromatic carbocycles. The third-order valence-electron chi connectivity index (χ3n) is 2.48. The Hall–Kier alpha value is -1.21. The summed E-state index contributed by atoms with van der Waals surface area (Å²) in [7, 11) is 0. The van der Waals surface area contributed by atoms with Crippen molar-refractivity contribution in [3.63, 3.8) is 0 Å². The van der Waals surface area contributed by atoms with Gasteiger partial charge in [-0.05, 0) is 36.2 Å². The second-order valence-corrected chi connectivity index (χ2v) is 4.49. The van der Waals surface area contributed by atoms with Crippen molar-refractivity contribution < 1.29 is 4.79 Å². The van der Waals surface area contributed by atoms with Crippen molar-refractivity contribution >= 4 is 21.8 Å². The molecule has 7 heteroatoms. The number of hydrazine groups is 1. The third-order valence-corrected chi connectivity index (χ3v) is 3.63. The van der Waals surface area contributed by atoms with Crippen molar-refractivity contribution in [2.24, 2.45) is 5.84 Å². The van der Waals surface area contributed by atoms with Gasteiger partial charge in [0.1, 0.15) is 0 Å². The largest absolute Gasteiger partial charge is 0.348 e. The molecule has 1 rings (SSSR count). The molecule has 3 N–H and O–H groups in total. The molecule has 0 unspecified atom stereocenters. The van der Waals surface area contributed by atoms with Crippen molar-refractivity contribution in [2.75, 3.05) is 0 Å². The Morgan fingerprint density at radius 2 is 2.18 bits per heavy atom. The van der Waals surface area contributed by atoms with Gasteiger partial charge in [0.25, 0.3) is 0 Å². The summed E-state index contributed by atoms with van der Waals surface area (Å²) < 4.78 is 2.36. The van der Waals surface area contributed by atoms with E-state index >= 15 is 0 Å². The van der Waals surface area contributed by atoms with Gasteiger partial charge in [0.15, 0.2) is 0 Å². The van der Waals surface area contributed by atoms with Gasteiger partial charge in [-0.2, -0.15) is 4.98 Å². The summed E-state index contributed by atoms with van der Waals surface area (Å²) in [5.74, 6) is 4.73. The Bertz CT molecular complexity index is 484. The Labute approximate surface area is 107 Å². The van der Waals surface area contributed by atoms with E-state index in [1.807, 2.05) is 12.3 Å². The maximum atomic E-state index is 11.7. The van der Waals surface area contributed by atoms with Crippen LogP contribution in [0.25, 0.3) is 0 Å². The van der Waals surface area contributed by atoms with E-state index in [2.05, 4.69) is 20.9 Å². The number of hydrogen-bond acceptors (Lipinski definition) is 4. The average molecular weight is 303 g/mol. The normalized spacial score (nSPS) is 10.4. The Balaban J connectivity index is 2.82. The molecule has 0 aliphatic heterocycles. The first-order chi connectivity index (χ1) is 7.97. The lowest BCUT2D eigenvalue weighted by Crippen LogP contribution is -2.31. The number of rotatable bonds is 4. The van der Waals surface area contributed by atoms with Gasteiger partial charge in [0, 0.05) is 18.7 Å². The summed E-state index contributed by atoms with van der Waals surface area (Å²) in [6, 6.07) is 0. The van der Waals surface area contributed by atoms with E-state index in [0.29, 0.717) is 18.7 Å². The number of aromatic nitrogens is 2. The minimum absolute atomic E-state index is 0.241. The van der Waals surface area contributed by atoms with Crippen LogP contribution in [0.3, 0.4) is 0 Å². The Morgan fingerprint density at radius 3 is 2.76 bits per heavy atom. The summed E-state index contributed by atoms with van der Waals surface area (Å²) in [4.78, 5) is 26.5. The van der Waals surface area contributed by atoms with Gasteiger partial charge >= 0.3 is 5.69 Å². The molecule has 0 saturated heterocycles. The van der Waals surface area contributed by atoms with Crippen LogP contribution in [-0.2, 0) is 11.3 Å². The van der Waals surface area contributed by atoms with Crippen molar-refractivity contribution in [3.8, 4) is 0 Å². The first kappa shape index (κ1) is 13.9. The average Bonchev–Trinajstić information content (AvgIpc) is 2.30. The predicted octanol–water partition coefficient (Wildman–Crippen LogP) is 0.393. The number of nitrogens with two attached hydrogens (primary N) is 1. The van der Waals surface area contributed by atoms with Crippen LogP contribution in [0.2, 0.25) is 0 Å². The molecule has 0 spiro atoms. The Kier molecular flexibility index (Phi) is 4.83. The highest BCUT2D eigenvalue weighted by Crippen LogP contribution is 2.16. The van der Waals surface area contributed by atoms with Gasteiger partial charge in [-0.15, -0.1) is 0 Å². The van der Waals surface area contributed by atoms with Crippen LogP contribution in [0.15, 0.2) is 9.27 Å². The van der Waals surface area contributed by atoms with Gasteiger partial charge in [0.05, 0.1) is 10.2 Å². The number of nitrogens with zero attached hydrogens (tertiary/aromatic N) is 2. The van der Waals surface area contributed by atoms with E-state index in [-0.39, 0.29) is 18.0 Å². The molecule has 1 aromatic heterocycles. The van der Waals surface area contributed by atoms with Gasteiger partial charge in [0.2, 0.25) is 5.91 Å². The van der Waals surface area contributed by atoms with E-state index in [1.54, 1.807) is 11.5 Å². The van der Waals surface area contributed by atoms with Crippen LogP contribution >= 0.6 is 15.9 Å². The number of amides is 1. The number of aryl methyl sites for hydroxylation is 1. The number of hydrogen-bond donors (Lipinski definition) is 2. The molecule has 1 amide bonds. The smallest absolute Gasteiger partial charge is 0.295 e. The van der Waals surface area contributed by atoms with Gasteiger partial charge in [-0.25, -0.2) is 10.6 Å². The first-order valence-corrected chi connectivity index (χ1v) is 5.99. The van der Waals surface area contributed by atoms with E-state index < -0.39 is 0 Å². The van der Waals surface area contributed by atoms with Crippen molar-refractivity contribution in [1.29, 1.82) is 0 Å². The van der Waals surface area contributed by atoms with Crippen molar-refractivity contribution in [1.82, 2.24) is 15.0 Å². The molecule has 0 bridgehead atoms. The van der Waals surface area contributed by atoms with Crippen LogP contribution in [0.4, 0.5) is 0 Å². The number of nitrogens with one attached hydrogen (secondary N) is 1. The van der Waals surface area contributed by atoms with Crippen LogP contribution < -0.4 is 17.0 Å². The number of carbonyl (C=O) groups excluding carboxylic acids is 1. The minimum Gasteiger partial charge on any atom is -0.295 e. The van der Waals surface area contributed by atoms with E-state index in [4.69, 9.17) is 5.84 Å². The summed E-state index contributed by atoms with van der Waals surface area (Å²) in [6.07, 6.45) is 0.828. The van der Waals surface area contributed by atoms with E-state index in [0.717, 1.165) is 10.2 Å². The second kappa shape index (κ2) is 5.92. The number of carbonyl (C=O) groups is 1. The standard InChI is InChI=1S/C10H15BrN4O2/c1-6-9(11)7(2)15(10(17)13-6)5-3-4-8(16)14-12/h3-5,12H2,1-2H3,(H,14,16). The highest BCUT2D eigenvalue weighted by atomic mass is 79.9. The molecule has 94 valence electrons. The lowest BCUT2D eigenvalue weighted by Gasteiger charge is -2.11. The zero-order valence-electron chi connectivity index (χ0n) is 9.79. The van der Waals surface area contributed by atoms with Gasteiger partial charge < -0.3 is 0 Å². The minimum atomic E-state index is -0.295. The van der Waals surface area contributed by atoms with Crippen molar-refractivity contribution in [2.45, 2.75) is 33.2 Å². The van der Waals surface area contributed by atoms with E-state index in [9.17, 15) is 9.59 Å². The van der Waals surface area contributed by atoms with Crippen LogP contribution in [-0.4, -0.2) is 15.5 Å². The summed E-state index contributed by atoms with van der Waals surface area (Å²) in [5.41, 5.74) is 3.24. The summed E-state index contributed by atoms with van der Waals surface area (Å²) in [6.45, 7) is 4.05. The maximum absolute atomic E-state index is 11.7. The zero-order chi connectivity index (χ0) is 13.0. The van der Waals surface area contributed by atoms with E-state index in [1.165, 1.54) is 0 Å². The fourth-order valence-corrected chi connectivity index (χ4v) is 1.81. The molecule has 0 fully saturated rings. The van der Waals surface area contributed by atoms with Crippen LogP contribution in [0, 0.1) is 13.8 Å². The topological polar surface area (TPSA) is 90.0 Å². The second-order valence-electron chi connectivity index (χ2n) is 3.70. The van der Waals surface area contributed by atoms with Crippen molar-refractivity contribution in [3.05, 3.63) is 26.3 Å². The maximum Gasteiger partial charge on any atom is 0.348 e. The molecule has 0 aliphatic carbocycles. The molecule has 0 atom stereocenters. The molecule has 0 saturated carbocycles. The molecule has 0 aliphatic rings. The quantitative estimate of drug-likeness (QED) is 0.478. The van der Waals surface area contributed by atoms with Crippen LogP contribution in [0.5, 0.6) is 0 Å². The SMILES string of the molecule is Cc1nc(=O)n(CCCC(=O)NN)c(C)c1Br. The monoisotopic (exact) mass is 302 g/mol. The molecule has 0 radical (unpaired) electrons.